The minimum Gasteiger partial charge on any atom is -0.391 e. The van der Waals surface area contributed by atoms with Crippen LogP contribution < -0.4 is 5.73 Å². The lowest BCUT2D eigenvalue weighted by molar-refractivity contribution is 0.163. The van der Waals surface area contributed by atoms with Crippen molar-refractivity contribution < 1.29 is 5.11 Å². The Labute approximate surface area is 97.1 Å². The number of nitrogens with zero attached hydrogens (tertiary/aromatic N) is 4. The van der Waals surface area contributed by atoms with E-state index in [0.29, 0.717) is 5.01 Å². The molecular formula is C9H15N5OS. The van der Waals surface area contributed by atoms with Gasteiger partial charge in [0.2, 0.25) is 4.96 Å². The SMILES string of the molecule is CC(C)c1nnc2sc(C(N)C(C)O)nn12. The monoisotopic (exact) mass is 241 g/mol. The van der Waals surface area contributed by atoms with Crippen molar-refractivity contribution in [1.29, 1.82) is 0 Å². The molecule has 2 heterocycles. The van der Waals surface area contributed by atoms with Gasteiger partial charge in [0, 0.05) is 5.92 Å². The number of fused-ring (bicyclic) bond motifs is 1. The Morgan fingerprint density at radius 2 is 2.00 bits per heavy atom. The largest absolute Gasteiger partial charge is 0.391 e. The average Bonchev–Trinajstić information content (AvgIpc) is 2.73. The van der Waals surface area contributed by atoms with Crippen molar-refractivity contribution in [1.82, 2.24) is 19.8 Å². The molecule has 0 saturated carbocycles. The summed E-state index contributed by atoms with van der Waals surface area (Å²) in [4.78, 5) is 0.717. The summed E-state index contributed by atoms with van der Waals surface area (Å²) in [6.45, 7) is 5.71. The van der Waals surface area contributed by atoms with E-state index in [0.717, 1.165) is 10.8 Å². The van der Waals surface area contributed by atoms with Gasteiger partial charge < -0.3 is 10.8 Å². The molecule has 0 aliphatic rings. The molecule has 0 aliphatic carbocycles. The fraction of sp³-hybridized carbons (Fsp3) is 0.667. The topological polar surface area (TPSA) is 89.3 Å². The molecular weight excluding hydrogens is 226 g/mol. The molecule has 0 fully saturated rings. The van der Waals surface area contributed by atoms with Gasteiger partial charge in [-0.15, -0.1) is 10.2 Å². The van der Waals surface area contributed by atoms with Crippen molar-refractivity contribution in [3.63, 3.8) is 0 Å². The van der Waals surface area contributed by atoms with Gasteiger partial charge in [-0.25, -0.2) is 0 Å². The predicted octanol–water partition coefficient (Wildman–Crippen LogP) is 0.690. The number of aliphatic hydroxyl groups is 1. The summed E-state index contributed by atoms with van der Waals surface area (Å²) < 4.78 is 1.70. The second-order valence-corrected chi connectivity index (χ2v) is 5.10. The molecule has 7 heteroatoms. The first-order chi connectivity index (χ1) is 7.50. The Balaban J connectivity index is 2.44. The van der Waals surface area contributed by atoms with Crippen molar-refractivity contribution in [3.8, 4) is 0 Å². The zero-order valence-corrected chi connectivity index (χ0v) is 10.3. The summed E-state index contributed by atoms with van der Waals surface area (Å²) in [5.41, 5.74) is 5.82. The highest BCUT2D eigenvalue weighted by Gasteiger charge is 2.20. The third kappa shape index (κ3) is 1.81. The van der Waals surface area contributed by atoms with Crippen LogP contribution in [0.3, 0.4) is 0 Å². The molecule has 0 aromatic carbocycles. The van der Waals surface area contributed by atoms with Crippen LogP contribution in [0.15, 0.2) is 0 Å². The second-order valence-electron chi connectivity index (χ2n) is 4.11. The fourth-order valence-corrected chi connectivity index (χ4v) is 2.29. The molecule has 3 N–H and O–H groups in total. The van der Waals surface area contributed by atoms with E-state index in [1.165, 1.54) is 11.3 Å². The van der Waals surface area contributed by atoms with Crippen molar-refractivity contribution in [3.05, 3.63) is 10.8 Å². The number of rotatable bonds is 3. The summed E-state index contributed by atoms with van der Waals surface area (Å²) in [5.74, 6) is 1.07. The fourth-order valence-electron chi connectivity index (χ4n) is 1.35. The number of hydrogen-bond donors (Lipinski definition) is 2. The lowest BCUT2D eigenvalue weighted by Gasteiger charge is -2.09. The number of nitrogens with two attached hydrogens (primary N) is 1. The Morgan fingerprint density at radius 3 is 2.56 bits per heavy atom. The first-order valence-corrected chi connectivity index (χ1v) is 5.98. The van der Waals surface area contributed by atoms with Crippen LogP contribution in [0, 0.1) is 0 Å². The Bertz CT molecular complexity index is 489. The van der Waals surface area contributed by atoms with E-state index in [-0.39, 0.29) is 5.92 Å². The van der Waals surface area contributed by atoms with Crippen molar-refractivity contribution in [2.45, 2.75) is 38.8 Å². The Kier molecular flexibility index (Phi) is 2.92. The van der Waals surface area contributed by atoms with Crippen molar-refractivity contribution in [2.75, 3.05) is 0 Å². The highest BCUT2D eigenvalue weighted by molar-refractivity contribution is 7.16. The molecule has 0 spiro atoms. The van der Waals surface area contributed by atoms with Gasteiger partial charge in [-0.05, 0) is 6.92 Å². The van der Waals surface area contributed by atoms with Crippen LogP contribution in [0.25, 0.3) is 4.96 Å². The van der Waals surface area contributed by atoms with Crippen molar-refractivity contribution in [2.24, 2.45) is 5.73 Å². The molecule has 0 saturated heterocycles. The third-order valence-corrected chi connectivity index (χ3v) is 3.35. The van der Waals surface area contributed by atoms with Gasteiger partial charge in [0.05, 0.1) is 12.1 Å². The van der Waals surface area contributed by atoms with E-state index in [4.69, 9.17) is 5.73 Å². The summed E-state index contributed by atoms with van der Waals surface area (Å²) in [6, 6.07) is -0.466. The average molecular weight is 241 g/mol. The van der Waals surface area contributed by atoms with Crippen LogP contribution in [0.5, 0.6) is 0 Å². The zero-order valence-electron chi connectivity index (χ0n) is 9.45. The molecule has 88 valence electrons. The van der Waals surface area contributed by atoms with Crippen LogP contribution in [0.1, 0.15) is 43.6 Å². The smallest absolute Gasteiger partial charge is 0.234 e. The summed E-state index contributed by atoms with van der Waals surface area (Å²) in [6.07, 6.45) is -0.619. The summed E-state index contributed by atoms with van der Waals surface area (Å²) in [7, 11) is 0. The molecule has 2 unspecified atom stereocenters. The van der Waals surface area contributed by atoms with Gasteiger partial charge >= 0.3 is 0 Å². The third-order valence-electron chi connectivity index (χ3n) is 2.35. The Morgan fingerprint density at radius 1 is 1.31 bits per heavy atom. The molecule has 0 radical (unpaired) electrons. The molecule has 0 aliphatic heterocycles. The maximum Gasteiger partial charge on any atom is 0.234 e. The zero-order chi connectivity index (χ0) is 11.9. The predicted molar refractivity (Wildman–Crippen MR) is 61.4 cm³/mol. The number of aliphatic hydroxyl groups excluding tert-OH is 1. The minimum absolute atomic E-state index is 0.257. The lowest BCUT2D eigenvalue weighted by atomic mass is 10.2. The standard InChI is InChI=1S/C9H15N5OS/c1-4(2)7-11-12-9-14(7)13-8(16-9)6(10)5(3)15/h4-6,15H,10H2,1-3H3. The quantitative estimate of drug-likeness (QED) is 0.825. The second kappa shape index (κ2) is 4.08. The van der Waals surface area contributed by atoms with Gasteiger partial charge in [0.15, 0.2) is 5.82 Å². The van der Waals surface area contributed by atoms with Gasteiger partial charge in [0.1, 0.15) is 5.01 Å². The van der Waals surface area contributed by atoms with E-state index in [9.17, 15) is 5.11 Å². The number of hydrogen-bond acceptors (Lipinski definition) is 6. The van der Waals surface area contributed by atoms with E-state index in [1.54, 1.807) is 11.4 Å². The highest BCUT2D eigenvalue weighted by atomic mass is 32.1. The number of aromatic nitrogens is 4. The normalized spacial score (nSPS) is 15.9. The molecule has 2 aromatic rings. The maximum atomic E-state index is 9.41. The Hall–Kier alpha value is -1.05. The van der Waals surface area contributed by atoms with E-state index < -0.39 is 12.1 Å². The van der Waals surface area contributed by atoms with Crippen LogP contribution in [0.2, 0.25) is 0 Å². The van der Waals surface area contributed by atoms with Crippen LogP contribution >= 0.6 is 11.3 Å². The van der Waals surface area contributed by atoms with Crippen LogP contribution in [-0.2, 0) is 0 Å². The van der Waals surface area contributed by atoms with Crippen LogP contribution in [-0.4, -0.2) is 31.0 Å². The van der Waals surface area contributed by atoms with Gasteiger partial charge in [-0.1, -0.05) is 25.2 Å². The highest BCUT2D eigenvalue weighted by Crippen LogP contribution is 2.23. The lowest BCUT2D eigenvalue weighted by Crippen LogP contribution is -2.23. The summed E-state index contributed by atoms with van der Waals surface area (Å²) in [5, 5.41) is 22.5. The van der Waals surface area contributed by atoms with Crippen molar-refractivity contribution >= 4 is 16.3 Å². The molecule has 16 heavy (non-hydrogen) atoms. The van der Waals surface area contributed by atoms with Crippen LogP contribution in [0.4, 0.5) is 0 Å². The maximum absolute atomic E-state index is 9.41. The first kappa shape index (κ1) is 11.4. The van der Waals surface area contributed by atoms with Gasteiger partial charge in [0.25, 0.3) is 0 Å². The van der Waals surface area contributed by atoms with E-state index in [1.807, 2.05) is 13.8 Å². The van der Waals surface area contributed by atoms with Gasteiger partial charge in [-0.3, -0.25) is 0 Å². The molecule has 2 rings (SSSR count). The van der Waals surface area contributed by atoms with E-state index in [2.05, 4.69) is 15.3 Å². The van der Waals surface area contributed by atoms with Gasteiger partial charge in [-0.2, -0.15) is 9.61 Å². The van der Waals surface area contributed by atoms with E-state index >= 15 is 0 Å². The minimum atomic E-state index is -0.619. The molecule has 2 aromatic heterocycles. The first-order valence-electron chi connectivity index (χ1n) is 5.16. The molecule has 2 atom stereocenters. The molecule has 0 amide bonds. The molecule has 6 nitrogen and oxygen atoms in total. The summed E-state index contributed by atoms with van der Waals surface area (Å²) >= 11 is 1.37. The molecule has 0 bridgehead atoms.